The number of amides is 2. The number of nitrogens with zero attached hydrogens (tertiary/aromatic N) is 2. The molecule has 3 aromatic rings. The number of carbonyl (C=O) groups excluding carboxylic acids is 2. The Balaban J connectivity index is 1.68. The van der Waals surface area contributed by atoms with Crippen molar-refractivity contribution in [2.24, 2.45) is 0 Å². The number of halogens is 1. The molecule has 0 heterocycles. The molecule has 1 saturated carbocycles. The van der Waals surface area contributed by atoms with Crippen molar-refractivity contribution in [2.75, 3.05) is 18.0 Å². The van der Waals surface area contributed by atoms with Gasteiger partial charge in [0.25, 0.3) is 10.0 Å². The van der Waals surface area contributed by atoms with Gasteiger partial charge < -0.3 is 15.0 Å². The Morgan fingerprint density at radius 2 is 1.68 bits per heavy atom. The topological polar surface area (TPSA) is 96.0 Å². The number of sulfonamides is 1. The molecule has 0 aromatic heterocycles. The molecule has 212 valence electrons. The van der Waals surface area contributed by atoms with E-state index in [-0.39, 0.29) is 23.4 Å². The van der Waals surface area contributed by atoms with Gasteiger partial charge in [-0.3, -0.25) is 13.9 Å². The molecule has 0 bridgehead atoms. The van der Waals surface area contributed by atoms with E-state index in [9.17, 15) is 18.0 Å². The second-order valence-corrected chi connectivity index (χ2v) is 12.1. The second-order valence-electron chi connectivity index (χ2n) is 9.84. The fourth-order valence-corrected chi connectivity index (χ4v) is 6.45. The molecular weight excluding hydrogens is 550 g/mol. The first-order valence-corrected chi connectivity index (χ1v) is 15.1. The van der Waals surface area contributed by atoms with Gasteiger partial charge in [0.1, 0.15) is 18.3 Å². The van der Waals surface area contributed by atoms with E-state index in [4.69, 9.17) is 16.3 Å². The highest BCUT2D eigenvalue weighted by atomic mass is 35.5. The summed E-state index contributed by atoms with van der Waals surface area (Å²) in [7, 11) is -2.61. The monoisotopic (exact) mass is 583 g/mol. The molecule has 8 nitrogen and oxygen atoms in total. The summed E-state index contributed by atoms with van der Waals surface area (Å²) < 4.78 is 33.9. The highest BCUT2D eigenvalue weighted by molar-refractivity contribution is 7.92. The average molecular weight is 584 g/mol. The average Bonchev–Trinajstić information content (AvgIpc) is 3.47. The fraction of sp³-hybridized carbons (Fsp3) is 0.333. The predicted octanol–water partition coefficient (Wildman–Crippen LogP) is 5.02. The third kappa shape index (κ3) is 7.14. The van der Waals surface area contributed by atoms with Gasteiger partial charge in [-0.05, 0) is 73.9 Å². The summed E-state index contributed by atoms with van der Waals surface area (Å²) in [6, 6.07) is 20.7. The maximum absolute atomic E-state index is 14.0. The van der Waals surface area contributed by atoms with Crippen LogP contribution in [0.1, 0.15) is 38.2 Å². The molecule has 4 rings (SSSR count). The summed E-state index contributed by atoms with van der Waals surface area (Å²) in [6.45, 7) is 1.24. The third-order valence-electron chi connectivity index (χ3n) is 7.08. The van der Waals surface area contributed by atoms with Gasteiger partial charge in [0.05, 0.1) is 17.7 Å². The molecule has 0 aliphatic heterocycles. The maximum Gasteiger partial charge on any atom is 0.264 e. The zero-order valence-electron chi connectivity index (χ0n) is 22.6. The summed E-state index contributed by atoms with van der Waals surface area (Å²) in [6.07, 6.45) is 3.92. The van der Waals surface area contributed by atoms with Gasteiger partial charge in [-0.15, -0.1) is 0 Å². The van der Waals surface area contributed by atoms with E-state index in [1.165, 1.54) is 24.1 Å². The molecular formula is C30H34ClN3O5S. The lowest BCUT2D eigenvalue weighted by atomic mass is 10.1. The summed E-state index contributed by atoms with van der Waals surface area (Å²) in [4.78, 5) is 28.7. The van der Waals surface area contributed by atoms with Crippen molar-refractivity contribution in [2.45, 2.75) is 56.1 Å². The third-order valence-corrected chi connectivity index (χ3v) is 9.10. The molecule has 2 amide bonds. The standard InChI is InChI=1S/C30H34ClN3O5S/c1-22(30(36)32-25-11-6-7-12-25)33(20-23-9-8-10-24(31)19-23)29(35)21-34(26-15-17-27(39-2)18-16-26)40(37,38)28-13-4-3-5-14-28/h3-5,8-10,13-19,22,25H,6-7,11-12,20-21H2,1-2H3,(H,32,36)/t22-/m1/s1. The highest BCUT2D eigenvalue weighted by Gasteiger charge is 2.33. The minimum Gasteiger partial charge on any atom is -0.497 e. The number of ether oxygens (including phenoxy) is 1. The number of hydrogen-bond acceptors (Lipinski definition) is 5. The Kier molecular flexibility index (Phi) is 9.71. The van der Waals surface area contributed by atoms with Crippen LogP contribution >= 0.6 is 11.6 Å². The molecule has 1 aliphatic carbocycles. The molecule has 40 heavy (non-hydrogen) atoms. The van der Waals surface area contributed by atoms with Crippen LogP contribution in [-0.2, 0) is 26.2 Å². The van der Waals surface area contributed by atoms with Crippen LogP contribution in [0, 0.1) is 0 Å². The second kappa shape index (κ2) is 13.2. The largest absolute Gasteiger partial charge is 0.497 e. The number of anilines is 1. The first-order chi connectivity index (χ1) is 19.2. The number of hydrogen-bond donors (Lipinski definition) is 1. The summed E-state index contributed by atoms with van der Waals surface area (Å²) in [5, 5.41) is 3.56. The molecule has 10 heteroatoms. The SMILES string of the molecule is COc1ccc(N(CC(=O)N(Cc2cccc(Cl)c2)[C@H](C)C(=O)NC2CCCC2)S(=O)(=O)c2ccccc2)cc1. The lowest BCUT2D eigenvalue weighted by Crippen LogP contribution is -2.52. The van der Waals surface area contributed by atoms with E-state index in [2.05, 4.69) is 5.32 Å². The molecule has 1 fully saturated rings. The van der Waals surface area contributed by atoms with E-state index in [1.807, 2.05) is 6.07 Å². The van der Waals surface area contributed by atoms with Crippen LogP contribution in [0.5, 0.6) is 5.75 Å². The first-order valence-electron chi connectivity index (χ1n) is 13.2. The van der Waals surface area contributed by atoms with Crippen molar-refractivity contribution < 1.29 is 22.7 Å². The van der Waals surface area contributed by atoms with Crippen LogP contribution in [0.15, 0.2) is 83.8 Å². The van der Waals surface area contributed by atoms with E-state index in [0.717, 1.165) is 35.6 Å². The van der Waals surface area contributed by atoms with Crippen molar-refractivity contribution >= 4 is 39.1 Å². The van der Waals surface area contributed by atoms with Crippen LogP contribution < -0.4 is 14.4 Å². The minimum absolute atomic E-state index is 0.0482. The van der Waals surface area contributed by atoms with Crippen LogP contribution in [0.4, 0.5) is 5.69 Å². The molecule has 3 aromatic carbocycles. The number of carbonyl (C=O) groups is 2. The van der Waals surface area contributed by atoms with E-state index >= 15 is 0 Å². The predicted molar refractivity (Wildman–Crippen MR) is 156 cm³/mol. The van der Waals surface area contributed by atoms with Crippen LogP contribution in [0.2, 0.25) is 5.02 Å². The van der Waals surface area contributed by atoms with Crippen LogP contribution in [0.25, 0.3) is 0 Å². The number of nitrogens with one attached hydrogen (secondary N) is 1. The Hall–Kier alpha value is -3.56. The Labute approximate surface area is 240 Å². The smallest absolute Gasteiger partial charge is 0.264 e. The molecule has 0 saturated heterocycles. The Bertz CT molecular complexity index is 1410. The van der Waals surface area contributed by atoms with Crippen LogP contribution in [-0.4, -0.2) is 50.9 Å². The zero-order chi connectivity index (χ0) is 28.7. The van der Waals surface area contributed by atoms with Crippen molar-refractivity contribution in [3.63, 3.8) is 0 Å². The quantitative estimate of drug-likeness (QED) is 0.342. The van der Waals surface area contributed by atoms with E-state index in [0.29, 0.717) is 16.5 Å². The Morgan fingerprint density at radius 1 is 1.00 bits per heavy atom. The maximum atomic E-state index is 14.0. The molecule has 0 unspecified atom stereocenters. The van der Waals surface area contributed by atoms with Crippen molar-refractivity contribution in [3.8, 4) is 5.75 Å². The summed E-state index contributed by atoms with van der Waals surface area (Å²) in [5.74, 6) is -0.250. The van der Waals surface area contributed by atoms with Crippen LogP contribution in [0.3, 0.4) is 0 Å². The molecule has 0 radical (unpaired) electrons. The lowest BCUT2D eigenvalue weighted by molar-refractivity contribution is -0.139. The van der Waals surface area contributed by atoms with Gasteiger partial charge in [0.2, 0.25) is 11.8 Å². The molecule has 1 N–H and O–H groups in total. The van der Waals surface area contributed by atoms with Gasteiger partial charge in [-0.25, -0.2) is 8.42 Å². The summed E-state index contributed by atoms with van der Waals surface area (Å²) in [5.41, 5.74) is 1.02. The van der Waals surface area contributed by atoms with Crippen molar-refractivity contribution in [1.82, 2.24) is 10.2 Å². The van der Waals surface area contributed by atoms with Crippen molar-refractivity contribution in [1.29, 1.82) is 0 Å². The van der Waals surface area contributed by atoms with Crippen molar-refractivity contribution in [3.05, 3.63) is 89.4 Å². The van der Waals surface area contributed by atoms with Gasteiger partial charge in [-0.1, -0.05) is 54.8 Å². The summed E-state index contributed by atoms with van der Waals surface area (Å²) >= 11 is 6.20. The number of methoxy groups -OCH3 is 1. The first kappa shape index (κ1) is 29.4. The molecule has 1 atom stereocenters. The normalized spacial score (nSPS) is 14.4. The number of benzene rings is 3. The van der Waals surface area contributed by atoms with Gasteiger partial charge in [0.15, 0.2) is 0 Å². The molecule has 0 spiro atoms. The Morgan fingerprint density at radius 3 is 2.30 bits per heavy atom. The molecule has 1 aliphatic rings. The van der Waals surface area contributed by atoms with E-state index in [1.54, 1.807) is 67.6 Å². The van der Waals surface area contributed by atoms with E-state index < -0.39 is 28.5 Å². The highest BCUT2D eigenvalue weighted by Crippen LogP contribution is 2.27. The van der Waals surface area contributed by atoms with Gasteiger partial charge >= 0.3 is 0 Å². The lowest BCUT2D eigenvalue weighted by Gasteiger charge is -2.32. The van der Waals surface area contributed by atoms with Gasteiger partial charge in [-0.2, -0.15) is 0 Å². The minimum atomic E-state index is -4.12. The zero-order valence-corrected chi connectivity index (χ0v) is 24.2. The fourth-order valence-electron chi connectivity index (χ4n) is 4.80. The van der Waals surface area contributed by atoms with Gasteiger partial charge in [0, 0.05) is 17.6 Å². The number of rotatable bonds is 11.